The number of fused-ring (bicyclic) bond motifs is 1. The highest BCUT2D eigenvalue weighted by atomic mass is 16.5. The highest BCUT2D eigenvalue weighted by molar-refractivity contribution is 5.44. The lowest BCUT2D eigenvalue weighted by molar-refractivity contribution is 0.0472. The summed E-state index contributed by atoms with van der Waals surface area (Å²) in [4.78, 5) is 0. The van der Waals surface area contributed by atoms with Crippen molar-refractivity contribution in [2.24, 2.45) is 0 Å². The van der Waals surface area contributed by atoms with Crippen molar-refractivity contribution in [2.45, 2.75) is 45.8 Å². The molecule has 4 nitrogen and oxygen atoms in total. The number of hydrogen-bond donors (Lipinski definition) is 1. The average molecular weight is 293 g/mol. The fourth-order valence-corrected chi connectivity index (χ4v) is 2.59. The molecule has 4 heteroatoms. The summed E-state index contributed by atoms with van der Waals surface area (Å²) in [5.74, 6) is 1.69. The van der Waals surface area contributed by atoms with E-state index in [0.717, 1.165) is 44.1 Å². The van der Waals surface area contributed by atoms with Crippen molar-refractivity contribution in [1.82, 2.24) is 5.32 Å². The molecule has 0 radical (unpaired) electrons. The first-order valence-corrected chi connectivity index (χ1v) is 8.00. The van der Waals surface area contributed by atoms with Crippen molar-refractivity contribution in [2.75, 3.05) is 26.4 Å². The highest BCUT2D eigenvalue weighted by Crippen LogP contribution is 2.33. The molecular weight excluding hydrogens is 266 g/mol. The zero-order valence-corrected chi connectivity index (χ0v) is 13.4. The van der Waals surface area contributed by atoms with Crippen LogP contribution in [0.25, 0.3) is 0 Å². The van der Waals surface area contributed by atoms with Crippen LogP contribution >= 0.6 is 0 Å². The number of nitrogens with one attached hydrogen (secondary N) is 1. The van der Waals surface area contributed by atoms with E-state index in [1.165, 1.54) is 5.56 Å². The second-order valence-electron chi connectivity index (χ2n) is 5.35. The van der Waals surface area contributed by atoms with Crippen LogP contribution in [-0.2, 0) is 4.74 Å². The molecule has 0 bridgehead atoms. The van der Waals surface area contributed by atoms with E-state index in [1.54, 1.807) is 0 Å². The molecule has 0 fully saturated rings. The normalized spacial score (nSPS) is 17.1. The molecular formula is C17H27NO3. The Morgan fingerprint density at radius 1 is 1.19 bits per heavy atom. The van der Waals surface area contributed by atoms with Crippen LogP contribution in [0.4, 0.5) is 0 Å². The molecule has 1 aromatic carbocycles. The van der Waals surface area contributed by atoms with E-state index in [4.69, 9.17) is 14.2 Å². The van der Waals surface area contributed by atoms with E-state index in [2.05, 4.69) is 31.3 Å². The van der Waals surface area contributed by atoms with E-state index in [-0.39, 0.29) is 12.1 Å². The van der Waals surface area contributed by atoms with Crippen molar-refractivity contribution < 1.29 is 14.2 Å². The average Bonchev–Trinajstić information content (AvgIpc) is 2.72. The number of benzene rings is 1. The standard InChI is InChI=1S/C17H27NO3/c1-4-9-18-17(13(3)19-5-2)14-7-8-15-16(12-14)21-11-6-10-20-15/h7-8,12-13,17-18H,4-6,9-11H2,1-3H3. The summed E-state index contributed by atoms with van der Waals surface area (Å²) in [6, 6.07) is 6.37. The Morgan fingerprint density at radius 3 is 2.67 bits per heavy atom. The van der Waals surface area contributed by atoms with Gasteiger partial charge in [0.05, 0.1) is 25.4 Å². The van der Waals surface area contributed by atoms with E-state index < -0.39 is 0 Å². The van der Waals surface area contributed by atoms with E-state index in [9.17, 15) is 0 Å². The zero-order valence-electron chi connectivity index (χ0n) is 13.4. The van der Waals surface area contributed by atoms with Crippen LogP contribution in [0, 0.1) is 0 Å². The minimum atomic E-state index is 0.117. The predicted octanol–water partition coefficient (Wildman–Crippen LogP) is 3.31. The van der Waals surface area contributed by atoms with Crippen LogP contribution < -0.4 is 14.8 Å². The summed E-state index contributed by atoms with van der Waals surface area (Å²) in [5, 5.41) is 3.57. The molecule has 0 amide bonds. The highest BCUT2D eigenvalue weighted by Gasteiger charge is 2.21. The molecule has 0 aliphatic carbocycles. The summed E-state index contributed by atoms with van der Waals surface area (Å²) < 4.78 is 17.3. The minimum Gasteiger partial charge on any atom is -0.490 e. The Labute approximate surface area is 127 Å². The van der Waals surface area contributed by atoms with Gasteiger partial charge in [0, 0.05) is 13.0 Å². The molecule has 21 heavy (non-hydrogen) atoms. The van der Waals surface area contributed by atoms with Gasteiger partial charge in [-0.05, 0) is 44.5 Å². The lowest BCUT2D eigenvalue weighted by atomic mass is 10.0. The Balaban J connectivity index is 2.20. The van der Waals surface area contributed by atoms with Crippen LogP contribution in [0.3, 0.4) is 0 Å². The van der Waals surface area contributed by atoms with Crippen molar-refractivity contribution in [3.05, 3.63) is 23.8 Å². The van der Waals surface area contributed by atoms with Gasteiger partial charge in [-0.2, -0.15) is 0 Å². The van der Waals surface area contributed by atoms with Crippen LogP contribution in [0.1, 0.15) is 45.2 Å². The van der Waals surface area contributed by atoms with Gasteiger partial charge < -0.3 is 19.5 Å². The second kappa shape index (κ2) is 8.25. The van der Waals surface area contributed by atoms with Crippen molar-refractivity contribution in [1.29, 1.82) is 0 Å². The third-order valence-electron chi connectivity index (χ3n) is 3.64. The molecule has 1 aliphatic heterocycles. The fraction of sp³-hybridized carbons (Fsp3) is 0.647. The van der Waals surface area contributed by atoms with Crippen molar-refractivity contribution in [3.8, 4) is 11.5 Å². The molecule has 2 unspecified atom stereocenters. The molecule has 2 rings (SSSR count). The van der Waals surface area contributed by atoms with Crippen LogP contribution in [0.15, 0.2) is 18.2 Å². The lowest BCUT2D eigenvalue weighted by Crippen LogP contribution is -2.32. The molecule has 0 saturated heterocycles. The van der Waals surface area contributed by atoms with E-state index in [1.807, 2.05) is 13.0 Å². The van der Waals surface area contributed by atoms with Gasteiger partial charge in [0.15, 0.2) is 11.5 Å². The molecule has 0 spiro atoms. The molecule has 1 N–H and O–H groups in total. The summed E-state index contributed by atoms with van der Waals surface area (Å²) >= 11 is 0. The summed E-state index contributed by atoms with van der Waals surface area (Å²) in [7, 11) is 0. The predicted molar refractivity (Wildman–Crippen MR) is 84.2 cm³/mol. The van der Waals surface area contributed by atoms with Gasteiger partial charge in [0.2, 0.25) is 0 Å². The van der Waals surface area contributed by atoms with Gasteiger partial charge in [-0.15, -0.1) is 0 Å². The first kappa shape index (κ1) is 16.1. The summed E-state index contributed by atoms with van der Waals surface area (Å²) in [6.07, 6.45) is 2.14. The maximum atomic E-state index is 5.79. The van der Waals surface area contributed by atoms with Crippen LogP contribution in [0.5, 0.6) is 11.5 Å². The largest absolute Gasteiger partial charge is 0.490 e. The summed E-state index contributed by atoms with van der Waals surface area (Å²) in [6.45, 7) is 9.43. The quantitative estimate of drug-likeness (QED) is 0.837. The third-order valence-corrected chi connectivity index (χ3v) is 3.64. The van der Waals surface area contributed by atoms with Gasteiger partial charge in [-0.1, -0.05) is 13.0 Å². The van der Waals surface area contributed by atoms with Gasteiger partial charge in [-0.25, -0.2) is 0 Å². The number of hydrogen-bond acceptors (Lipinski definition) is 4. The molecule has 0 saturated carbocycles. The maximum absolute atomic E-state index is 5.79. The van der Waals surface area contributed by atoms with Gasteiger partial charge in [0.1, 0.15) is 0 Å². The fourth-order valence-electron chi connectivity index (χ4n) is 2.59. The van der Waals surface area contributed by atoms with Gasteiger partial charge in [-0.3, -0.25) is 0 Å². The lowest BCUT2D eigenvalue weighted by Gasteiger charge is -2.26. The van der Waals surface area contributed by atoms with Crippen LogP contribution in [0.2, 0.25) is 0 Å². The van der Waals surface area contributed by atoms with Gasteiger partial charge >= 0.3 is 0 Å². The monoisotopic (exact) mass is 293 g/mol. The second-order valence-corrected chi connectivity index (χ2v) is 5.35. The van der Waals surface area contributed by atoms with E-state index in [0.29, 0.717) is 6.61 Å². The van der Waals surface area contributed by atoms with Gasteiger partial charge in [0.25, 0.3) is 0 Å². The first-order valence-electron chi connectivity index (χ1n) is 8.00. The molecule has 2 atom stereocenters. The topological polar surface area (TPSA) is 39.7 Å². The number of ether oxygens (including phenoxy) is 3. The Bertz CT molecular complexity index is 436. The molecule has 118 valence electrons. The maximum Gasteiger partial charge on any atom is 0.161 e. The first-order chi connectivity index (χ1) is 10.3. The molecule has 0 aromatic heterocycles. The minimum absolute atomic E-state index is 0.117. The summed E-state index contributed by atoms with van der Waals surface area (Å²) in [5.41, 5.74) is 1.19. The third kappa shape index (κ3) is 4.35. The van der Waals surface area contributed by atoms with Crippen molar-refractivity contribution in [3.63, 3.8) is 0 Å². The van der Waals surface area contributed by atoms with Crippen LogP contribution in [-0.4, -0.2) is 32.5 Å². The van der Waals surface area contributed by atoms with Crippen molar-refractivity contribution >= 4 is 0 Å². The Hall–Kier alpha value is -1.26. The SMILES string of the molecule is CCCNC(c1ccc2c(c1)OCCCO2)C(C)OCC. The molecule has 1 aliphatic rings. The Morgan fingerprint density at radius 2 is 1.95 bits per heavy atom. The Kier molecular flexibility index (Phi) is 6.33. The molecule has 1 aromatic rings. The number of rotatable bonds is 7. The molecule has 1 heterocycles. The smallest absolute Gasteiger partial charge is 0.161 e. The van der Waals surface area contributed by atoms with E-state index >= 15 is 0 Å². The zero-order chi connectivity index (χ0) is 15.1.